The Balaban J connectivity index is 1.89. The first-order chi connectivity index (χ1) is 13.3. The van der Waals surface area contributed by atoms with Gasteiger partial charge in [0, 0.05) is 41.7 Å². The minimum atomic E-state index is -0.124. The average Bonchev–Trinajstić information content (AvgIpc) is 3.20. The fourth-order valence-corrected chi connectivity index (χ4v) is 2.99. The maximum atomic E-state index is 12.0. The molecular weight excluding hydrogens is 336 g/mol. The van der Waals surface area contributed by atoms with Crippen molar-refractivity contribution in [1.82, 2.24) is 20.3 Å². The van der Waals surface area contributed by atoms with Crippen molar-refractivity contribution < 1.29 is 4.79 Å². The number of benzene rings is 2. The van der Waals surface area contributed by atoms with Gasteiger partial charge in [0.2, 0.25) is 0 Å². The molecule has 0 atom stereocenters. The Hall–Kier alpha value is -3.73. The van der Waals surface area contributed by atoms with E-state index >= 15 is 0 Å². The molecule has 2 aromatic heterocycles. The number of carbonyl (C=O) groups excluding carboxylic acids is 1. The second-order valence-corrected chi connectivity index (χ2v) is 6.07. The van der Waals surface area contributed by atoms with E-state index in [0.717, 1.165) is 33.9 Å². The van der Waals surface area contributed by atoms with E-state index in [1.165, 1.54) is 0 Å². The summed E-state index contributed by atoms with van der Waals surface area (Å²) in [5.41, 5.74) is 5.15. The van der Waals surface area contributed by atoms with Crippen LogP contribution >= 0.6 is 0 Å². The molecule has 0 aliphatic carbocycles. The van der Waals surface area contributed by atoms with Crippen LogP contribution in [0, 0.1) is 0 Å². The molecule has 4 rings (SSSR count). The van der Waals surface area contributed by atoms with Gasteiger partial charge in [-0.15, -0.1) is 0 Å². The van der Waals surface area contributed by atoms with Gasteiger partial charge in [0.25, 0.3) is 5.91 Å². The number of aromatic amines is 1. The zero-order valence-electron chi connectivity index (χ0n) is 14.8. The summed E-state index contributed by atoms with van der Waals surface area (Å²) in [6, 6.07) is 21.3. The van der Waals surface area contributed by atoms with Gasteiger partial charge in [0.05, 0.1) is 11.4 Å². The van der Waals surface area contributed by atoms with E-state index in [9.17, 15) is 4.79 Å². The van der Waals surface area contributed by atoms with Crippen LogP contribution in [0.1, 0.15) is 10.4 Å². The van der Waals surface area contributed by atoms with Gasteiger partial charge in [0.15, 0.2) is 0 Å². The Morgan fingerprint density at radius 3 is 2.37 bits per heavy atom. The third kappa shape index (κ3) is 3.35. The summed E-state index contributed by atoms with van der Waals surface area (Å²) >= 11 is 0. The van der Waals surface area contributed by atoms with Crippen LogP contribution in [-0.4, -0.2) is 27.9 Å². The lowest BCUT2D eigenvalue weighted by Crippen LogP contribution is -2.17. The van der Waals surface area contributed by atoms with E-state index in [4.69, 9.17) is 4.98 Å². The number of imidazole rings is 1. The Labute approximate surface area is 157 Å². The number of carbonyl (C=O) groups is 1. The van der Waals surface area contributed by atoms with Crippen LogP contribution < -0.4 is 5.32 Å². The molecule has 0 saturated heterocycles. The molecule has 4 aromatic rings. The smallest absolute Gasteiger partial charge is 0.251 e. The van der Waals surface area contributed by atoms with Gasteiger partial charge in [0.1, 0.15) is 5.82 Å². The summed E-state index contributed by atoms with van der Waals surface area (Å²) in [5, 5.41) is 2.66. The number of hydrogen-bond donors (Lipinski definition) is 2. The second-order valence-electron chi connectivity index (χ2n) is 6.07. The SMILES string of the molecule is CNC(=O)c1cccc(-c2nc(-c3ccccc3)[nH]c2-c2ccncc2)c1. The maximum Gasteiger partial charge on any atom is 0.251 e. The summed E-state index contributed by atoms with van der Waals surface area (Å²) in [5.74, 6) is 0.656. The molecule has 0 aliphatic rings. The van der Waals surface area contributed by atoms with Crippen molar-refractivity contribution in [3.63, 3.8) is 0 Å². The predicted octanol–water partition coefficient (Wildman–Crippen LogP) is 4.17. The van der Waals surface area contributed by atoms with Crippen molar-refractivity contribution in [3.05, 3.63) is 84.7 Å². The number of hydrogen-bond acceptors (Lipinski definition) is 3. The fraction of sp³-hybridized carbons (Fsp3) is 0.0455. The molecule has 2 heterocycles. The van der Waals surface area contributed by atoms with Crippen LogP contribution in [-0.2, 0) is 0 Å². The number of H-pyrrole nitrogens is 1. The van der Waals surface area contributed by atoms with Gasteiger partial charge in [-0.25, -0.2) is 4.98 Å². The van der Waals surface area contributed by atoms with Crippen LogP contribution in [0.2, 0.25) is 0 Å². The van der Waals surface area contributed by atoms with Gasteiger partial charge in [-0.1, -0.05) is 42.5 Å². The lowest BCUT2D eigenvalue weighted by atomic mass is 10.0. The standard InChI is InChI=1S/C22H18N4O/c1-23-22(27)18-9-5-8-17(14-18)20-19(15-10-12-24-13-11-15)25-21(26-20)16-6-3-2-4-7-16/h2-14H,1H3,(H,23,27)(H,25,26). The van der Waals surface area contributed by atoms with Gasteiger partial charge < -0.3 is 10.3 Å². The molecule has 0 aliphatic heterocycles. The number of pyridine rings is 1. The quantitative estimate of drug-likeness (QED) is 0.578. The molecule has 0 fully saturated rings. The van der Waals surface area contributed by atoms with E-state index in [1.54, 1.807) is 25.5 Å². The highest BCUT2D eigenvalue weighted by molar-refractivity contribution is 5.95. The summed E-state index contributed by atoms with van der Waals surface area (Å²) in [6.07, 6.45) is 3.51. The summed E-state index contributed by atoms with van der Waals surface area (Å²) < 4.78 is 0. The van der Waals surface area contributed by atoms with Gasteiger partial charge in [-0.05, 0) is 24.3 Å². The predicted molar refractivity (Wildman–Crippen MR) is 106 cm³/mol. The van der Waals surface area contributed by atoms with Crippen LogP contribution in [0.4, 0.5) is 0 Å². The lowest BCUT2D eigenvalue weighted by Gasteiger charge is -2.05. The number of nitrogens with zero attached hydrogens (tertiary/aromatic N) is 2. The Kier molecular flexibility index (Phi) is 4.49. The first kappa shape index (κ1) is 16.7. The van der Waals surface area contributed by atoms with E-state index < -0.39 is 0 Å². The molecule has 0 spiro atoms. The van der Waals surface area contributed by atoms with Crippen molar-refractivity contribution >= 4 is 5.91 Å². The molecule has 132 valence electrons. The number of rotatable bonds is 4. The number of nitrogens with one attached hydrogen (secondary N) is 2. The summed E-state index contributed by atoms with van der Waals surface area (Å²) in [6.45, 7) is 0. The average molecular weight is 354 g/mol. The molecule has 0 bridgehead atoms. The van der Waals surface area contributed by atoms with Crippen molar-refractivity contribution in [3.8, 4) is 33.9 Å². The fourth-order valence-electron chi connectivity index (χ4n) is 2.99. The van der Waals surface area contributed by atoms with Crippen LogP contribution in [0.25, 0.3) is 33.9 Å². The zero-order chi connectivity index (χ0) is 18.6. The molecule has 2 aromatic carbocycles. The molecule has 2 N–H and O–H groups in total. The first-order valence-electron chi connectivity index (χ1n) is 8.64. The van der Waals surface area contributed by atoms with Crippen LogP contribution in [0.3, 0.4) is 0 Å². The van der Waals surface area contributed by atoms with Crippen molar-refractivity contribution in [1.29, 1.82) is 0 Å². The van der Waals surface area contributed by atoms with Gasteiger partial charge in [-0.2, -0.15) is 0 Å². The molecular formula is C22H18N4O. The van der Waals surface area contributed by atoms with Gasteiger partial charge >= 0.3 is 0 Å². The zero-order valence-corrected chi connectivity index (χ0v) is 14.8. The summed E-state index contributed by atoms with van der Waals surface area (Å²) in [4.78, 5) is 24.4. The van der Waals surface area contributed by atoms with Gasteiger partial charge in [-0.3, -0.25) is 9.78 Å². The lowest BCUT2D eigenvalue weighted by molar-refractivity contribution is 0.0963. The van der Waals surface area contributed by atoms with Crippen LogP contribution in [0.5, 0.6) is 0 Å². The molecule has 1 amide bonds. The van der Waals surface area contributed by atoms with Crippen molar-refractivity contribution in [2.45, 2.75) is 0 Å². The van der Waals surface area contributed by atoms with Crippen LogP contribution in [0.15, 0.2) is 79.1 Å². The Bertz CT molecular complexity index is 1070. The van der Waals surface area contributed by atoms with E-state index in [1.807, 2.05) is 60.7 Å². The molecule has 27 heavy (non-hydrogen) atoms. The largest absolute Gasteiger partial charge is 0.355 e. The van der Waals surface area contributed by atoms with E-state index in [0.29, 0.717) is 5.56 Å². The number of aromatic nitrogens is 3. The highest BCUT2D eigenvalue weighted by Gasteiger charge is 2.16. The minimum absolute atomic E-state index is 0.124. The molecule has 5 heteroatoms. The summed E-state index contributed by atoms with van der Waals surface area (Å²) in [7, 11) is 1.62. The Morgan fingerprint density at radius 1 is 0.889 bits per heavy atom. The van der Waals surface area contributed by atoms with Crippen molar-refractivity contribution in [2.75, 3.05) is 7.05 Å². The topological polar surface area (TPSA) is 70.7 Å². The highest BCUT2D eigenvalue weighted by atomic mass is 16.1. The van der Waals surface area contributed by atoms with E-state index in [2.05, 4.69) is 15.3 Å². The third-order valence-electron chi connectivity index (χ3n) is 4.35. The highest BCUT2D eigenvalue weighted by Crippen LogP contribution is 2.33. The molecule has 0 radical (unpaired) electrons. The second kappa shape index (κ2) is 7.25. The number of amides is 1. The maximum absolute atomic E-state index is 12.0. The first-order valence-corrected chi connectivity index (χ1v) is 8.64. The molecule has 5 nitrogen and oxygen atoms in total. The molecule has 0 unspecified atom stereocenters. The molecule has 0 saturated carbocycles. The van der Waals surface area contributed by atoms with E-state index in [-0.39, 0.29) is 5.91 Å². The third-order valence-corrected chi connectivity index (χ3v) is 4.35. The normalized spacial score (nSPS) is 10.6. The minimum Gasteiger partial charge on any atom is -0.355 e. The van der Waals surface area contributed by atoms with Crippen molar-refractivity contribution in [2.24, 2.45) is 0 Å². The Morgan fingerprint density at radius 2 is 1.63 bits per heavy atom. The monoisotopic (exact) mass is 354 g/mol.